The van der Waals surface area contributed by atoms with Crippen molar-refractivity contribution in [1.29, 1.82) is 0 Å². The monoisotopic (exact) mass is 326 g/mol. The van der Waals surface area contributed by atoms with Gasteiger partial charge in [-0.1, -0.05) is 23.3 Å². The van der Waals surface area contributed by atoms with Crippen molar-refractivity contribution in [2.24, 2.45) is 0 Å². The normalized spacial score (nSPS) is 17.2. The molecule has 2 aromatic rings. The molecular weight excluding hydrogens is 307 g/mol. The quantitative estimate of drug-likeness (QED) is 0.943. The van der Waals surface area contributed by atoms with Crippen LogP contribution in [0.3, 0.4) is 0 Å². The SMILES string of the molecule is Cc1cc(C)cc(C(=O)NC2CC(=O)N(c3cccc(F)c3)C2)c1. The fraction of sp³-hybridized carbons (Fsp3) is 0.263. The third-order valence-corrected chi connectivity index (χ3v) is 4.06. The van der Waals surface area contributed by atoms with E-state index < -0.39 is 0 Å². The zero-order valence-electron chi connectivity index (χ0n) is 13.7. The largest absolute Gasteiger partial charge is 0.347 e. The zero-order chi connectivity index (χ0) is 17.3. The van der Waals surface area contributed by atoms with Crippen LogP contribution in [0.15, 0.2) is 42.5 Å². The van der Waals surface area contributed by atoms with Crippen LogP contribution in [-0.2, 0) is 4.79 Å². The summed E-state index contributed by atoms with van der Waals surface area (Å²) in [6.07, 6.45) is 0.215. The topological polar surface area (TPSA) is 49.4 Å². The Morgan fingerprint density at radius 2 is 1.88 bits per heavy atom. The second-order valence-electron chi connectivity index (χ2n) is 6.24. The number of benzene rings is 2. The van der Waals surface area contributed by atoms with E-state index in [1.807, 2.05) is 32.0 Å². The van der Waals surface area contributed by atoms with E-state index in [0.717, 1.165) is 11.1 Å². The summed E-state index contributed by atoms with van der Waals surface area (Å²) in [7, 11) is 0. The molecule has 1 heterocycles. The number of nitrogens with one attached hydrogen (secondary N) is 1. The number of halogens is 1. The molecule has 5 heteroatoms. The summed E-state index contributed by atoms with van der Waals surface area (Å²) in [5.74, 6) is -0.699. The van der Waals surface area contributed by atoms with Gasteiger partial charge in [0.25, 0.3) is 5.91 Å². The van der Waals surface area contributed by atoms with Crippen molar-refractivity contribution >= 4 is 17.5 Å². The Morgan fingerprint density at radius 3 is 2.54 bits per heavy atom. The molecule has 2 aromatic carbocycles. The molecule has 0 saturated carbocycles. The van der Waals surface area contributed by atoms with Gasteiger partial charge in [-0.05, 0) is 44.2 Å². The summed E-state index contributed by atoms with van der Waals surface area (Å²) < 4.78 is 13.3. The average molecular weight is 326 g/mol. The van der Waals surface area contributed by atoms with Crippen molar-refractivity contribution in [3.8, 4) is 0 Å². The highest BCUT2D eigenvalue weighted by Crippen LogP contribution is 2.22. The van der Waals surface area contributed by atoms with Crippen LogP contribution in [0, 0.1) is 19.7 Å². The van der Waals surface area contributed by atoms with Crippen molar-refractivity contribution in [2.45, 2.75) is 26.3 Å². The molecule has 1 fully saturated rings. The second kappa shape index (κ2) is 6.43. The van der Waals surface area contributed by atoms with Crippen LogP contribution < -0.4 is 10.2 Å². The summed E-state index contributed by atoms with van der Waals surface area (Å²) in [5.41, 5.74) is 3.14. The van der Waals surface area contributed by atoms with Crippen LogP contribution in [0.25, 0.3) is 0 Å². The van der Waals surface area contributed by atoms with Crippen LogP contribution >= 0.6 is 0 Å². The van der Waals surface area contributed by atoms with Crippen LogP contribution in [0.1, 0.15) is 27.9 Å². The number of hydrogen-bond donors (Lipinski definition) is 1. The molecule has 0 aliphatic carbocycles. The molecule has 2 amide bonds. The molecule has 1 atom stereocenters. The van der Waals surface area contributed by atoms with Gasteiger partial charge in [0.1, 0.15) is 5.82 Å². The zero-order valence-corrected chi connectivity index (χ0v) is 13.7. The van der Waals surface area contributed by atoms with Gasteiger partial charge < -0.3 is 10.2 Å². The maximum Gasteiger partial charge on any atom is 0.251 e. The first kappa shape index (κ1) is 16.2. The van der Waals surface area contributed by atoms with Gasteiger partial charge in [0.15, 0.2) is 0 Å². The van der Waals surface area contributed by atoms with E-state index in [0.29, 0.717) is 17.8 Å². The minimum absolute atomic E-state index is 0.119. The van der Waals surface area contributed by atoms with E-state index in [1.54, 1.807) is 12.1 Å². The highest BCUT2D eigenvalue weighted by Gasteiger charge is 2.31. The summed E-state index contributed by atoms with van der Waals surface area (Å²) in [6.45, 7) is 4.22. The van der Waals surface area contributed by atoms with Crippen LogP contribution in [-0.4, -0.2) is 24.4 Å². The van der Waals surface area contributed by atoms with Gasteiger partial charge >= 0.3 is 0 Å². The Morgan fingerprint density at radius 1 is 1.17 bits per heavy atom. The first-order valence-electron chi connectivity index (χ1n) is 7.87. The number of anilines is 1. The van der Waals surface area contributed by atoms with Gasteiger partial charge in [0, 0.05) is 24.2 Å². The summed E-state index contributed by atoms with van der Waals surface area (Å²) >= 11 is 0. The van der Waals surface area contributed by atoms with Crippen LogP contribution in [0.4, 0.5) is 10.1 Å². The van der Waals surface area contributed by atoms with E-state index in [1.165, 1.54) is 17.0 Å². The smallest absolute Gasteiger partial charge is 0.251 e. The standard InChI is InChI=1S/C19H19FN2O2/c1-12-6-13(2)8-14(7-12)19(24)21-16-10-18(23)22(11-16)17-5-3-4-15(20)9-17/h3-9,16H,10-11H2,1-2H3,(H,21,24). The molecule has 1 aliphatic rings. The molecule has 1 N–H and O–H groups in total. The molecular formula is C19H19FN2O2. The fourth-order valence-electron chi connectivity index (χ4n) is 3.07. The van der Waals surface area contributed by atoms with Gasteiger partial charge in [-0.2, -0.15) is 0 Å². The molecule has 0 spiro atoms. The lowest BCUT2D eigenvalue weighted by atomic mass is 10.1. The number of nitrogens with zero attached hydrogens (tertiary/aromatic N) is 1. The lowest BCUT2D eigenvalue weighted by molar-refractivity contribution is -0.117. The van der Waals surface area contributed by atoms with Gasteiger partial charge in [-0.3, -0.25) is 9.59 Å². The van der Waals surface area contributed by atoms with Crippen molar-refractivity contribution in [2.75, 3.05) is 11.4 Å². The first-order valence-corrected chi connectivity index (χ1v) is 7.87. The maximum absolute atomic E-state index is 13.3. The van der Waals surface area contributed by atoms with Gasteiger partial charge in [0.2, 0.25) is 5.91 Å². The van der Waals surface area contributed by atoms with E-state index >= 15 is 0 Å². The van der Waals surface area contributed by atoms with Crippen molar-refractivity contribution in [3.05, 3.63) is 65.0 Å². The van der Waals surface area contributed by atoms with Crippen molar-refractivity contribution in [3.63, 3.8) is 0 Å². The maximum atomic E-state index is 13.3. The molecule has 1 aliphatic heterocycles. The second-order valence-corrected chi connectivity index (χ2v) is 6.24. The highest BCUT2D eigenvalue weighted by molar-refractivity contribution is 5.99. The van der Waals surface area contributed by atoms with Gasteiger partial charge in [-0.25, -0.2) is 4.39 Å². The van der Waals surface area contributed by atoms with Gasteiger partial charge in [-0.15, -0.1) is 0 Å². The van der Waals surface area contributed by atoms with Crippen LogP contribution in [0.2, 0.25) is 0 Å². The Bertz CT molecular complexity index is 783. The van der Waals surface area contributed by atoms with E-state index in [9.17, 15) is 14.0 Å². The van der Waals surface area contributed by atoms with E-state index in [4.69, 9.17) is 0 Å². The van der Waals surface area contributed by atoms with Crippen molar-refractivity contribution in [1.82, 2.24) is 5.32 Å². The predicted octanol–water partition coefficient (Wildman–Crippen LogP) is 2.98. The third kappa shape index (κ3) is 3.45. The molecule has 4 nitrogen and oxygen atoms in total. The van der Waals surface area contributed by atoms with Crippen molar-refractivity contribution < 1.29 is 14.0 Å². The number of carbonyl (C=O) groups is 2. The molecule has 0 radical (unpaired) electrons. The number of carbonyl (C=O) groups excluding carboxylic acids is 2. The molecule has 1 saturated heterocycles. The summed E-state index contributed by atoms with van der Waals surface area (Å²) in [4.78, 5) is 26.1. The molecule has 0 aromatic heterocycles. The Kier molecular flexibility index (Phi) is 4.34. The Hall–Kier alpha value is -2.69. The Labute approximate surface area is 140 Å². The average Bonchev–Trinajstić information content (AvgIpc) is 2.87. The lowest BCUT2D eigenvalue weighted by Crippen LogP contribution is -2.37. The van der Waals surface area contributed by atoms with E-state index in [-0.39, 0.29) is 30.1 Å². The summed E-state index contributed by atoms with van der Waals surface area (Å²) in [6, 6.07) is 11.3. The van der Waals surface area contributed by atoms with E-state index in [2.05, 4.69) is 5.32 Å². The molecule has 124 valence electrons. The minimum Gasteiger partial charge on any atom is -0.347 e. The summed E-state index contributed by atoms with van der Waals surface area (Å²) in [5, 5.41) is 2.90. The fourth-order valence-corrected chi connectivity index (χ4v) is 3.07. The minimum atomic E-state index is -0.386. The number of aryl methyl sites for hydroxylation is 2. The van der Waals surface area contributed by atoms with Gasteiger partial charge in [0.05, 0.1) is 6.04 Å². The molecule has 1 unspecified atom stereocenters. The molecule has 24 heavy (non-hydrogen) atoms. The molecule has 0 bridgehead atoms. The Balaban J connectivity index is 1.71. The molecule has 3 rings (SSSR count). The third-order valence-electron chi connectivity index (χ3n) is 4.06. The number of hydrogen-bond acceptors (Lipinski definition) is 2. The lowest BCUT2D eigenvalue weighted by Gasteiger charge is -2.17. The first-order chi connectivity index (χ1) is 11.4. The number of amides is 2. The highest BCUT2D eigenvalue weighted by atomic mass is 19.1. The predicted molar refractivity (Wildman–Crippen MR) is 90.5 cm³/mol. The van der Waals surface area contributed by atoms with Crippen LogP contribution in [0.5, 0.6) is 0 Å². The number of rotatable bonds is 3.